The molecule has 2 aromatic rings. The van der Waals surface area contributed by atoms with Gasteiger partial charge in [-0.25, -0.2) is 0 Å². The van der Waals surface area contributed by atoms with Crippen LogP contribution in [0.25, 0.3) is 0 Å². The fraction of sp³-hybridized carbons (Fsp3) is 0.565. The van der Waals surface area contributed by atoms with E-state index in [9.17, 15) is 4.79 Å². The Labute approximate surface area is 173 Å². The molecular formula is C23H33N3O3. The van der Waals surface area contributed by atoms with Crippen molar-refractivity contribution in [1.29, 1.82) is 0 Å². The van der Waals surface area contributed by atoms with Gasteiger partial charge >= 0.3 is 0 Å². The minimum absolute atomic E-state index is 0.0689. The van der Waals surface area contributed by atoms with Crippen molar-refractivity contribution < 1.29 is 14.1 Å². The van der Waals surface area contributed by atoms with E-state index in [4.69, 9.17) is 9.26 Å². The topological polar surface area (TPSA) is 67.6 Å². The molecule has 1 saturated heterocycles. The van der Waals surface area contributed by atoms with E-state index in [1.807, 2.05) is 32.0 Å². The smallest absolute Gasteiger partial charge is 0.227 e. The molecule has 0 saturated carbocycles. The summed E-state index contributed by atoms with van der Waals surface area (Å²) in [5.74, 6) is 2.05. The van der Waals surface area contributed by atoms with E-state index in [1.165, 1.54) is 5.56 Å². The highest BCUT2D eigenvalue weighted by Crippen LogP contribution is 2.36. The Morgan fingerprint density at radius 2 is 2.10 bits per heavy atom. The first-order chi connectivity index (χ1) is 13.8. The zero-order chi connectivity index (χ0) is 21.0. The maximum absolute atomic E-state index is 12.8. The molecule has 2 heterocycles. The van der Waals surface area contributed by atoms with Crippen molar-refractivity contribution in [3.8, 4) is 5.75 Å². The molecule has 0 spiro atoms. The summed E-state index contributed by atoms with van der Waals surface area (Å²) in [5, 5.41) is 7.02. The Bertz CT molecular complexity index is 830. The minimum Gasteiger partial charge on any atom is -0.491 e. The SMILES string of the molecule is CNC(=O)C1(Cc2cc(C(C)C)no2)CCN(Cc2cccc(OC(C)C)c2)C1. The van der Waals surface area contributed by atoms with Crippen LogP contribution < -0.4 is 10.1 Å². The molecule has 158 valence electrons. The molecule has 1 N–H and O–H groups in total. The van der Waals surface area contributed by atoms with Crippen LogP contribution in [0.15, 0.2) is 34.9 Å². The number of aromatic nitrogens is 1. The summed E-state index contributed by atoms with van der Waals surface area (Å²) >= 11 is 0. The van der Waals surface area contributed by atoms with Crippen LogP contribution in [0, 0.1) is 5.41 Å². The van der Waals surface area contributed by atoms with Gasteiger partial charge < -0.3 is 14.6 Å². The highest BCUT2D eigenvalue weighted by molar-refractivity contribution is 5.83. The minimum atomic E-state index is -0.491. The monoisotopic (exact) mass is 399 g/mol. The lowest BCUT2D eigenvalue weighted by molar-refractivity contribution is -0.130. The maximum Gasteiger partial charge on any atom is 0.227 e. The van der Waals surface area contributed by atoms with Gasteiger partial charge in [-0.3, -0.25) is 9.69 Å². The van der Waals surface area contributed by atoms with E-state index in [2.05, 4.69) is 41.4 Å². The van der Waals surface area contributed by atoms with Crippen LogP contribution in [-0.2, 0) is 17.8 Å². The first kappa shape index (κ1) is 21.4. The van der Waals surface area contributed by atoms with E-state index in [0.717, 1.165) is 36.7 Å². The first-order valence-corrected chi connectivity index (χ1v) is 10.5. The van der Waals surface area contributed by atoms with Gasteiger partial charge in [-0.05, 0) is 50.4 Å². The number of nitrogens with zero attached hydrogens (tertiary/aromatic N) is 2. The third kappa shape index (κ3) is 5.18. The van der Waals surface area contributed by atoms with Crippen LogP contribution >= 0.6 is 0 Å². The van der Waals surface area contributed by atoms with E-state index in [-0.39, 0.29) is 12.0 Å². The number of hydrogen-bond acceptors (Lipinski definition) is 5. The summed E-state index contributed by atoms with van der Waals surface area (Å²) in [5.41, 5.74) is 1.63. The molecule has 1 aliphatic heterocycles. The van der Waals surface area contributed by atoms with Crippen LogP contribution in [0.4, 0.5) is 0 Å². The zero-order valence-corrected chi connectivity index (χ0v) is 18.2. The van der Waals surface area contributed by atoms with Gasteiger partial charge in [0.25, 0.3) is 0 Å². The summed E-state index contributed by atoms with van der Waals surface area (Å²) in [6.45, 7) is 10.6. The normalized spacial score (nSPS) is 19.8. The molecule has 0 bridgehead atoms. The van der Waals surface area contributed by atoms with Gasteiger partial charge in [-0.1, -0.05) is 31.1 Å². The number of amides is 1. The third-order valence-corrected chi connectivity index (χ3v) is 5.50. The number of benzene rings is 1. The van der Waals surface area contributed by atoms with Crippen LogP contribution in [0.1, 0.15) is 57.1 Å². The predicted molar refractivity (Wildman–Crippen MR) is 113 cm³/mol. The lowest BCUT2D eigenvalue weighted by Gasteiger charge is -2.26. The van der Waals surface area contributed by atoms with Gasteiger partial charge in [-0.2, -0.15) is 0 Å². The van der Waals surface area contributed by atoms with Crippen LogP contribution in [0.3, 0.4) is 0 Å². The number of ether oxygens (including phenoxy) is 1. The molecule has 1 aliphatic rings. The Morgan fingerprint density at radius 3 is 2.76 bits per heavy atom. The second-order valence-corrected chi connectivity index (χ2v) is 8.68. The molecule has 1 aromatic carbocycles. The van der Waals surface area contributed by atoms with Gasteiger partial charge in [-0.15, -0.1) is 0 Å². The molecule has 1 amide bonds. The second kappa shape index (κ2) is 8.99. The molecule has 29 heavy (non-hydrogen) atoms. The fourth-order valence-corrected chi connectivity index (χ4v) is 4.03. The van der Waals surface area contributed by atoms with E-state index < -0.39 is 5.41 Å². The Hall–Kier alpha value is -2.34. The molecular weight excluding hydrogens is 366 g/mol. The number of rotatable bonds is 8. The summed E-state index contributed by atoms with van der Waals surface area (Å²) in [7, 11) is 1.71. The summed E-state index contributed by atoms with van der Waals surface area (Å²) in [4.78, 5) is 15.2. The highest BCUT2D eigenvalue weighted by atomic mass is 16.5. The van der Waals surface area contributed by atoms with Gasteiger partial charge in [0.05, 0.1) is 17.2 Å². The van der Waals surface area contributed by atoms with Crippen molar-refractivity contribution in [2.45, 2.75) is 59.1 Å². The van der Waals surface area contributed by atoms with Crippen molar-refractivity contribution in [2.75, 3.05) is 20.1 Å². The van der Waals surface area contributed by atoms with E-state index >= 15 is 0 Å². The molecule has 3 rings (SSSR count). The maximum atomic E-state index is 12.8. The largest absolute Gasteiger partial charge is 0.491 e. The van der Waals surface area contributed by atoms with Crippen molar-refractivity contribution in [3.05, 3.63) is 47.3 Å². The summed E-state index contributed by atoms with van der Waals surface area (Å²) in [6, 6.07) is 10.2. The van der Waals surface area contributed by atoms with Crippen molar-refractivity contribution in [2.24, 2.45) is 5.41 Å². The van der Waals surface area contributed by atoms with Gasteiger partial charge in [0.1, 0.15) is 11.5 Å². The molecule has 1 atom stereocenters. The van der Waals surface area contributed by atoms with Crippen molar-refractivity contribution >= 4 is 5.91 Å². The van der Waals surface area contributed by atoms with Crippen molar-refractivity contribution in [3.63, 3.8) is 0 Å². The standard InChI is InChI=1S/C23H33N3O3/c1-16(2)21-12-20(29-25-21)13-23(22(27)24-5)9-10-26(15-23)14-18-7-6-8-19(11-18)28-17(3)4/h6-8,11-12,16-17H,9-10,13-15H2,1-5H3,(H,24,27). The fourth-order valence-electron chi connectivity index (χ4n) is 4.03. The quantitative estimate of drug-likeness (QED) is 0.732. The van der Waals surface area contributed by atoms with Crippen LogP contribution in [-0.4, -0.2) is 42.2 Å². The molecule has 0 aliphatic carbocycles. The lowest BCUT2D eigenvalue weighted by Crippen LogP contribution is -2.43. The molecule has 1 aromatic heterocycles. The van der Waals surface area contributed by atoms with Gasteiger partial charge in [0.2, 0.25) is 5.91 Å². The Kier molecular flexibility index (Phi) is 6.63. The van der Waals surface area contributed by atoms with Crippen LogP contribution in [0.2, 0.25) is 0 Å². The predicted octanol–water partition coefficient (Wildman–Crippen LogP) is 3.77. The first-order valence-electron chi connectivity index (χ1n) is 10.5. The zero-order valence-electron chi connectivity index (χ0n) is 18.2. The number of hydrogen-bond donors (Lipinski definition) is 1. The lowest BCUT2D eigenvalue weighted by atomic mass is 9.81. The second-order valence-electron chi connectivity index (χ2n) is 8.68. The molecule has 1 unspecified atom stereocenters. The summed E-state index contributed by atoms with van der Waals surface area (Å²) in [6.07, 6.45) is 1.52. The molecule has 6 heteroatoms. The summed E-state index contributed by atoms with van der Waals surface area (Å²) < 4.78 is 11.4. The van der Waals surface area contributed by atoms with E-state index in [0.29, 0.717) is 18.9 Å². The Morgan fingerprint density at radius 1 is 1.31 bits per heavy atom. The van der Waals surface area contributed by atoms with E-state index in [1.54, 1.807) is 7.05 Å². The number of likely N-dealkylation sites (tertiary alicyclic amines) is 1. The number of nitrogens with one attached hydrogen (secondary N) is 1. The van der Waals surface area contributed by atoms with Gasteiger partial charge in [0.15, 0.2) is 0 Å². The molecule has 1 fully saturated rings. The van der Waals surface area contributed by atoms with Gasteiger partial charge in [0, 0.05) is 32.6 Å². The average molecular weight is 400 g/mol. The molecule has 6 nitrogen and oxygen atoms in total. The number of carbonyl (C=O) groups is 1. The Balaban J connectivity index is 1.72. The average Bonchev–Trinajstić information content (AvgIpc) is 3.29. The van der Waals surface area contributed by atoms with Crippen LogP contribution in [0.5, 0.6) is 5.75 Å². The highest BCUT2D eigenvalue weighted by Gasteiger charge is 2.45. The third-order valence-electron chi connectivity index (χ3n) is 5.50. The number of carbonyl (C=O) groups excluding carboxylic acids is 1. The van der Waals surface area contributed by atoms with Crippen molar-refractivity contribution in [1.82, 2.24) is 15.4 Å². The molecule has 0 radical (unpaired) electrons.